The maximum atomic E-state index is 11.5. The van der Waals surface area contributed by atoms with Crippen LogP contribution >= 0.6 is 33.9 Å². The Morgan fingerprint density at radius 1 is 1.61 bits per heavy atom. The fourth-order valence-electron chi connectivity index (χ4n) is 2.31. The molecular formula is C13H19IN2OS. The third kappa shape index (κ3) is 3.45. The summed E-state index contributed by atoms with van der Waals surface area (Å²) in [5, 5.41) is 3.53. The molecule has 18 heavy (non-hydrogen) atoms. The molecule has 1 aromatic heterocycles. The number of nitrogens with zero attached hydrogens (tertiary/aromatic N) is 1. The number of hydrogen-bond acceptors (Lipinski definition) is 3. The van der Waals surface area contributed by atoms with Crippen LogP contribution in [0.4, 0.5) is 0 Å². The average molecular weight is 378 g/mol. The summed E-state index contributed by atoms with van der Waals surface area (Å²) in [5.74, 6) is 0.193. The van der Waals surface area contributed by atoms with E-state index in [1.165, 1.54) is 32.6 Å². The van der Waals surface area contributed by atoms with Crippen LogP contribution in [0.3, 0.4) is 0 Å². The van der Waals surface area contributed by atoms with E-state index >= 15 is 0 Å². The average Bonchev–Trinajstić information content (AvgIpc) is 2.70. The third-order valence-electron chi connectivity index (χ3n) is 3.31. The first-order chi connectivity index (χ1) is 8.58. The third-order valence-corrected chi connectivity index (χ3v) is 5.28. The summed E-state index contributed by atoms with van der Waals surface area (Å²) in [6.45, 7) is 0.771. The predicted octanol–water partition coefficient (Wildman–Crippen LogP) is 2.80. The van der Waals surface area contributed by atoms with E-state index in [9.17, 15) is 4.79 Å². The minimum Gasteiger partial charge on any atom is -0.349 e. The minimum atomic E-state index is 0.193. The SMILES string of the molecule is CN(C)C(=O)CCNC1CCCc2sc(I)cc21. The van der Waals surface area contributed by atoms with Crippen molar-refractivity contribution in [2.75, 3.05) is 20.6 Å². The van der Waals surface area contributed by atoms with Crippen LogP contribution < -0.4 is 5.32 Å². The van der Waals surface area contributed by atoms with Gasteiger partial charge in [0.2, 0.25) is 5.91 Å². The van der Waals surface area contributed by atoms with Crippen LogP contribution in [-0.4, -0.2) is 31.4 Å². The Morgan fingerprint density at radius 2 is 2.39 bits per heavy atom. The molecule has 0 bridgehead atoms. The number of rotatable bonds is 4. The van der Waals surface area contributed by atoms with E-state index in [1.807, 2.05) is 25.4 Å². The Hall–Kier alpha value is -0.140. The number of thiophene rings is 1. The quantitative estimate of drug-likeness (QED) is 0.818. The summed E-state index contributed by atoms with van der Waals surface area (Å²) in [5.41, 5.74) is 1.47. The number of carbonyl (C=O) groups is 1. The molecule has 0 saturated heterocycles. The second-order valence-electron chi connectivity index (χ2n) is 4.87. The molecule has 0 radical (unpaired) electrons. The number of aryl methyl sites for hydroxylation is 1. The van der Waals surface area contributed by atoms with Crippen LogP contribution in [0.1, 0.15) is 35.7 Å². The highest BCUT2D eigenvalue weighted by molar-refractivity contribution is 14.1. The van der Waals surface area contributed by atoms with Gasteiger partial charge in [0, 0.05) is 38.0 Å². The van der Waals surface area contributed by atoms with Crippen molar-refractivity contribution in [2.45, 2.75) is 31.7 Å². The second-order valence-corrected chi connectivity index (χ2v) is 7.90. The van der Waals surface area contributed by atoms with Gasteiger partial charge in [-0.15, -0.1) is 11.3 Å². The van der Waals surface area contributed by atoms with Gasteiger partial charge < -0.3 is 10.2 Å². The first-order valence-corrected chi connectivity index (χ1v) is 8.19. The molecule has 1 amide bonds. The molecule has 3 nitrogen and oxygen atoms in total. The molecule has 100 valence electrons. The summed E-state index contributed by atoms with van der Waals surface area (Å²) < 4.78 is 1.37. The first-order valence-electron chi connectivity index (χ1n) is 6.29. The van der Waals surface area contributed by atoms with E-state index in [-0.39, 0.29) is 5.91 Å². The lowest BCUT2D eigenvalue weighted by Crippen LogP contribution is -2.30. The van der Waals surface area contributed by atoms with Gasteiger partial charge in [0.15, 0.2) is 0 Å². The Labute approximate surface area is 126 Å². The second kappa shape index (κ2) is 6.34. The Morgan fingerprint density at radius 3 is 3.11 bits per heavy atom. The maximum absolute atomic E-state index is 11.5. The summed E-state index contributed by atoms with van der Waals surface area (Å²) in [6, 6.07) is 2.74. The topological polar surface area (TPSA) is 32.3 Å². The molecule has 1 unspecified atom stereocenters. The number of nitrogens with one attached hydrogen (secondary N) is 1. The van der Waals surface area contributed by atoms with Gasteiger partial charge in [0.1, 0.15) is 0 Å². The lowest BCUT2D eigenvalue weighted by molar-refractivity contribution is -0.128. The van der Waals surface area contributed by atoms with Gasteiger partial charge >= 0.3 is 0 Å². The van der Waals surface area contributed by atoms with Gasteiger partial charge in [-0.25, -0.2) is 0 Å². The van der Waals surface area contributed by atoms with Crippen molar-refractivity contribution in [3.8, 4) is 0 Å². The van der Waals surface area contributed by atoms with E-state index < -0.39 is 0 Å². The van der Waals surface area contributed by atoms with Crippen LogP contribution in [0.5, 0.6) is 0 Å². The van der Waals surface area contributed by atoms with Crippen molar-refractivity contribution >= 4 is 39.8 Å². The Bertz CT molecular complexity index is 431. The fraction of sp³-hybridized carbons (Fsp3) is 0.615. The highest BCUT2D eigenvalue weighted by atomic mass is 127. The number of amides is 1. The van der Waals surface area contributed by atoms with E-state index in [1.54, 1.807) is 4.90 Å². The van der Waals surface area contributed by atoms with Gasteiger partial charge in [-0.2, -0.15) is 0 Å². The summed E-state index contributed by atoms with van der Waals surface area (Å²) in [6.07, 6.45) is 4.25. The molecule has 0 aromatic carbocycles. The monoisotopic (exact) mass is 378 g/mol. The molecule has 1 atom stereocenters. The number of carbonyl (C=O) groups excluding carboxylic acids is 1. The number of hydrogen-bond donors (Lipinski definition) is 1. The molecular weight excluding hydrogens is 359 g/mol. The Balaban J connectivity index is 1.89. The van der Waals surface area contributed by atoms with E-state index in [2.05, 4.69) is 34.0 Å². The molecule has 0 spiro atoms. The van der Waals surface area contributed by atoms with Crippen LogP contribution in [-0.2, 0) is 11.2 Å². The number of fused-ring (bicyclic) bond motifs is 1. The zero-order valence-electron chi connectivity index (χ0n) is 10.8. The van der Waals surface area contributed by atoms with E-state index in [0.29, 0.717) is 12.5 Å². The lowest BCUT2D eigenvalue weighted by atomic mass is 9.94. The van der Waals surface area contributed by atoms with Crippen molar-refractivity contribution in [3.05, 3.63) is 19.4 Å². The highest BCUT2D eigenvalue weighted by Crippen LogP contribution is 2.36. The fourth-order valence-corrected chi connectivity index (χ4v) is 4.43. The van der Waals surface area contributed by atoms with Crippen LogP contribution in [0.25, 0.3) is 0 Å². The normalized spacial score (nSPS) is 18.5. The van der Waals surface area contributed by atoms with Gasteiger partial charge in [-0.3, -0.25) is 4.79 Å². The zero-order chi connectivity index (χ0) is 13.1. The van der Waals surface area contributed by atoms with Crippen LogP contribution in [0.15, 0.2) is 6.07 Å². The number of halogens is 1. The molecule has 1 aliphatic carbocycles. The maximum Gasteiger partial charge on any atom is 0.223 e. The van der Waals surface area contributed by atoms with Gasteiger partial charge in [0.05, 0.1) is 2.88 Å². The standard InChI is InChI=1S/C13H19IN2OS/c1-16(2)13(17)6-7-15-10-4-3-5-11-9(10)8-12(14)18-11/h8,10,15H,3-7H2,1-2H3. The van der Waals surface area contributed by atoms with Crippen molar-refractivity contribution in [3.63, 3.8) is 0 Å². The summed E-state index contributed by atoms with van der Waals surface area (Å²) >= 11 is 4.31. The van der Waals surface area contributed by atoms with Crippen molar-refractivity contribution in [1.82, 2.24) is 10.2 Å². The zero-order valence-corrected chi connectivity index (χ0v) is 13.8. The van der Waals surface area contributed by atoms with Crippen molar-refractivity contribution in [1.29, 1.82) is 0 Å². The molecule has 0 saturated carbocycles. The molecule has 1 aromatic rings. The summed E-state index contributed by atoms with van der Waals surface area (Å²) in [7, 11) is 3.62. The highest BCUT2D eigenvalue weighted by Gasteiger charge is 2.22. The van der Waals surface area contributed by atoms with Crippen molar-refractivity contribution < 1.29 is 4.79 Å². The van der Waals surface area contributed by atoms with Gasteiger partial charge in [-0.1, -0.05) is 0 Å². The van der Waals surface area contributed by atoms with Crippen LogP contribution in [0.2, 0.25) is 0 Å². The molecule has 2 rings (SSSR count). The van der Waals surface area contributed by atoms with E-state index in [0.717, 1.165) is 6.54 Å². The van der Waals surface area contributed by atoms with Crippen LogP contribution in [0, 0.1) is 2.88 Å². The predicted molar refractivity (Wildman–Crippen MR) is 84.0 cm³/mol. The molecule has 0 fully saturated rings. The van der Waals surface area contributed by atoms with Gasteiger partial charge in [-0.05, 0) is 53.5 Å². The lowest BCUT2D eigenvalue weighted by Gasteiger charge is -2.24. The molecule has 1 aliphatic rings. The first kappa shape index (κ1) is 14.3. The smallest absolute Gasteiger partial charge is 0.223 e. The van der Waals surface area contributed by atoms with Gasteiger partial charge in [0.25, 0.3) is 0 Å². The molecule has 1 N–H and O–H groups in total. The molecule has 1 heterocycles. The Kier molecular flexibility index (Phi) is 5.03. The summed E-state index contributed by atoms with van der Waals surface area (Å²) in [4.78, 5) is 14.7. The largest absolute Gasteiger partial charge is 0.349 e. The molecule has 0 aliphatic heterocycles. The minimum absolute atomic E-state index is 0.193. The van der Waals surface area contributed by atoms with Crippen molar-refractivity contribution in [2.24, 2.45) is 0 Å². The molecule has 5 heteroatoms. The van der Waals surface area contributed by atoms with E-state index in [4.69, 9.17) is 0 Å².